The van der Waals surface area contributed by atoms with Gasteiger partial charge in [0.15, 0.2) is 5.65 Å². The molecule has 0 radical (unpaired) electrons. The van der Waals surface area contributed by atoms with E-state index in [2.05, 4.69) is 40.3 Å². The third-order valence-electron chi connectivity index (χ3n) is 5.43. The van der Waals surface area contributed by atoms with Gasteiger partial charge in [-0.2, -0.15) is 10.2 Å². The largest absolute Gasteiger partial charge is 0.338 e. The van der Waals surface area contributed by atoms with E-state index in [1.807, 2.05) is 26.0 Å². The van der Waals surface area contributed by atoms with Gasteiger partial charge in [0, 0.05) is 25.2 Å². The van der Waals surface area contributed by atoms with E-state index in [0.717, 1.165) is 27.9 Å². The van der Waals surface area contributed by atoms with Gasteiger partial charge < -0.3 is 4.90 Å². The summed E-state index contributed by atoms with van der Waals surface area (Å²) >= 11 is 6.25. The van der Waals surface area contributed by atoms with Crippen LogP contribution in [-0.4, -0.2) is 42.4 Å². The van der Waals surface area contributed by atoms with Crippen LogP contribution in [0.1, 0.15) is 23.9 Å². The molecule has 4 aromatic rings. The second kappa shape index (κ2) is 8.51. The average Bonchev–Trinajstić information content (AvgIpc) is 3.27. The maximum Gasteiger partial charge on any atom is 0.244 e. The third kappa shape index (κ3) is 4.05. The number of fused-ring (bicyclic) bond motifs is 1. The molecule has 0 saturated carbocycles. The number of hydrogen-bond donors (Lipinski definition) is 0. The second-order valence-electron chi connectivity index (χ2n) is 7.67. The molecule has 8 heteroatoms. The zero-order chi connectivity index (χ0) is 22.1. The standard InChI is InChI=1S/C23H25ClN6O/c1-5-29-20(19(24)12-26-29)13-28(4)21(31)14-30-23-22(16(3)27-30)18(9-10-25-23)17-8-6-7-15(2)11-17/h6-12H,5,13-14H2,1-4H3. The minimum Gasteiger partial charge on any atom is -0.338 e. The number of carbonyl (C=O) groups is 1. The molecule has 4 rings (SSSR count). The van der Waals surface area contributed by atoms with Crippen LogP contribution in [0.5, 0.6) is 0 Å². The van der Waals surface area contributed by atoms with Crippen molar-refractivity contribution in [1.29, 1.82) is 0 Å². The van der Waals surface area contributed by atoms with E-state index in [1.165, 1.54) is 5.56 Å². The molecule has 0 fully saturated rings. The van der Waals surface area contributed by atoms with Crippen LogP contribution in [0.3, 0.4) is 0 Å². The van der Waals surface area contributed by atoms with Crippen molar-refractivity contribution < 1.29 is 4.79 Å². The summed E-state index contributed by atoms with van der Waals surface area (Å²) in [6.45, 7) is 7.19. The lowest BCUT2D eigenvalue weighted by Crippen LogP contribution is -2.31. The average molecular weight is 437 g/mol. The van der Waals surface area contributed by atoms with Crippen LogP contribution in [0.2, 0.25) is 5.02 Å². The molecule has 0 aliphatic heterocycles. The summed E-state index contributed by atoms with van der Waals surface area (Å²) in [6.07, 6.45) is 3.38. The predicted molar refractivity (Wildman–Crippen MR) is 122 cm³/mol. The van der Waals surface area contributed by atoms with Crippen molar-refractivity contribution in [2.24, 2.45) is 0 Å². The number of aromatic nitrogens is 5. The van der Waals surface area contributed by atoms with Crippen LogP contribution in [0.4, 0.5) is 0 Å². The summed E-state index contributed by atoms with van der Waals surface area (Å²) in [6, 6.07) is 10.3. The molecule has 0 spiro atoms. The fourth-order valence-electron chi connectivity index (χ4n) is 3.82. The Morgan fingerprint density at radius 2 is 2.00 bits per heavy atom. The molecule has 3 heterocycles. The molecule has 0 bridgehead atoms. The first-order valence-electron chi connectivity index (χ1n) is 10.2. The highest BCUT2D eigenvalue weighted by molar-refractivity contribution is 6.31. The Bertz CT molecular complexity index is 1260. The SMILES string of the molecule is CCn1ncc(Cl)c1CN(C)C(=O)Cn1nc(C)c2c(-c3cccc(C)c3)ccnc21. The van der Waals surface area contributed by atoms with E-state index in [0.29, 0.717) is 23.8 Å². The summed E-state index contributed by atoms with van der Waals surface area (Å²) in [4.78, 5) is 19.1. The first-order chi connectivity index (χ1) is 14.9. The quantitative estimate of drug-likeness (QED) is 0.453. The summed E-state index contributed by atoms with van der Waals surface area (Å²) in [5.74, 6) is -0.0768. The zero-order valence-corrected chi connectivity index (χ0v) is 18.9. The molecular formula is C23H25ClN6O. The van der Waals surface area contributed by atoms with Gasteiger partial charge in [-0.3, -0.25) is 9.48 Å². The fraction of sp³-hybridized carbons (Fsp3) is 0.304. The highest BCUT2D eigenvalue weighted by atomic mass is 35.5. The maximum atomic E-state index is 13.0. The van der Waals surface area contributed by atoms with Gasteiger partial charge in [0.1, 0.15) is 6.54 Å². The summed E-state index contributed by atoms with van der Waals surface area (Å²) in [5.41, 5.74) is 5.74. The Balaban J connectivity index is 1.62. The Labute approximate surface area is 186 Å². The van der Waals surface area contributed by atoms with E-state index in [1.54, 1.807) is 33.7 Å². The lowest BCUT2D eigenvalue weighted by atomic mass is 10.0. The van der Waals surface area contributed by atoms with E-state index < -0.39 is 0 Å². The zero-order valence-electron chi connectivity index (χ0n) is 18.1. The lowest BCUT2D eigenvalue weighted by Gasteiger charge is -2.18. The smallest absolute Gasteiger partial charge is 0.244 e. The van der Waals surface area contributed by atoms with Crippen molar-refractivity contribution >= 4 is 28.5 Å². The Morgan fingerprint density at radius 3 is 2.74 bits per heavy atom. The number of carbonyl (C=O) groups excluding carboxylic acids is 1. The molecule has 0 atom stereocenters. The molecule has 7 nitrogen and oxygen atoms in total. The minimum atomic E-state index is -0.0768. The van der Waals surface area contributed by atoms with Crippen LogP contribution in [0.15, 0.2) is 42.7 Å². The van der Waals surface area contributed by atoms with Gasteiger partial charge in [0.05, 0.1) is 29.2 Å². The van der Waals surface area contributed by atoms with Crippen LogP contribution in [0.25, 0.3) is 22.2 Å². The van der Waals surface area contributed by atoms with Crippen molar-refractivity contribution in [3.63, 3.8) is 0 Å². The molecule has 3 aromatic heterocycles. The van der Waals surface area contributed by atoms with E-state index in [4.69, 9.17) is 11.6 Å². The van der Waals surface area contributed by atoms with Crippen molar-refractivity contribution in [3.8, 4) is 11.1 Å². The molecule has 0 aliphatic carbocycles. The van der Waals surface area contributed by atoms with E-state index in [-0.39, 0.29) is 12.5 Å². The first kappa shape index (κ1) is 21.1. The van der Waals surface area contributed by atoms with Crippen molar-refractivity contribution in [2.45, 2.75) is 40.4 Å². The molecule has 0 saturated heterocycles. The first-order valence-corrected chi connectivity index (χ1v) is 10.6. The van der Waals surface area contributed by atoms with Gasteiger partial charge in [-0.25, -0.2) is 9.67 Å². The molecular weight excluding hydrogens is 412 g/mol. The number of rotatable bonds is 6. The normalized spacial score (nSPS) is 11.3. The van der Waals surface area contributed by atoms with Gasteiger partial charge in [-0.15, -0.1) is 0 Å². The Kier molecular flexibility index (Phi) is 5.78. The van der Waals surface area contributed by atoms with Gasteiger partial charge >= 0.3 is 0 Å². The molecule has 1 amide bonds. The third-order valence-corrected chi connectivity index (χ3v) is 5.75. The molecule has 0 aliphatic rings. The second-order valence-corrected chi connectivity index (χ2v) is 8.08. The highest BCUT2D eigenvalue weighted by Gasteiger charge is 2.19. The fourth-order valence-corrected chi connectivity index (χ4v) is 4.03. The van der Waals surface area contributed by atoms with Gasteiger partial charge in [-0.05, 0) is 38.0 Å². The van der Waals surface area contributed by atoms with Gasteiger partial charge in [0.2, 0.25) is 5.91 Å². The number of pyridine rings is 1. The van der Waals surface area contributed by atoms with Crippen molar-refractivity contribution in [2.75, 3.05) is 7.05 Å². The van der Waals surface area contributed by atoms with Gasteiger partial charge in [0.25, 0.3) is 0 Å². The number of aryl methyl sites for hydroxylation is 3. The monoisotopic (exact) mass is 436 g/mol. The van der Waals surface area contributed by atoms with Gasteiger partial charge in [-0.1, -0.05) is 41.4 Å². The number of amides is 1. The summed E-state index contributed by atoms with van der Waals surface area (Å²) < 4.78 is 3.48. The predicted octanol–water partition coefficient (Wildman–Crippen LogP) is 4.24. The Hall–Kier alpha value is -3.19. The van der Waals surface area contributed by atoms with Crippen LogP contribution in [0, 0.1) is 13.8 Å². The molecule has 31 heavy (non-hydrogen) atoms. The molecule has 0 N–H and O–H groups in total. The number of nitrogens with zero attached hydrogens (tertiary/aromatic N) is 6. The van der Waals surface area contributed by atoms with Crippen molar-refractivity contribution in [1.82, 2.24) is 29.4 Å². The lowest BCUT2D eigenvalue weighted by molar-refractivity contribution is -0.131. The summed E-state index contributed by atoms with van der Waals surface area (Å²) in [7, 11) is 1.76. The molecule has 160 valence electrons. The number of halogens is 1. The van der Waals surface area contributed by atoms with Crippen LogP contribution < -0.4 is 0 Å². The highest BCUT2D eigenvalue weighted by Crippen LogP contribution is 2.30. The van der Waals surface area contributed by atoms with E-state index in [9.17, 15) is 4.79 Å². The number of likely N-dealkylation sites (N-methyl/N-ethyl adjacent to an activating group) is 1. The van der Waals surface area contributed by atoms with Crippen molar-refractivity contribution in [3.05, 3.63) is 64.7 Å². The summed E-state index contributed by atoms with van der Waals surface area (Å²) in [5, 5.41) is 10.4. The number of benzene rings is 1. The van der Waals surface area contributed by atoms with Crippen LogP contribution in [-0.2, 0) is 24.4 Å². The maximum absolute atomic E-state index is 13.0. The van der Waals surface area contributed by atoms with Crippen LogP contribution >= 0.6 is 11.6 Å². The Morgan fingerprint density at radius 1 is 1.19 bits per heavy atom. The number of hydrogen-bond acceptors (Lipinski definition) is 4. The van der Waals surface area contributed by atoms with E-state index >= 15 is 0 Å². The topological polar surface area (TPSA) is 68.8 Å². The minimum absolute atomic E-state index is 0.0768. The molecule has 1 aromatic carbocycles. The molecule has 0 unspecified atom stereocenters.